The zero-order chi connectivity index (χ0) is 23.4. The van der Waals surface area contributed by atoms with Crippen molar-refractivity contribution in [2.24, 2.45) is 0 Å². The fraction of sp³-hybridized carbons (Fsp3) is 0.125. The molecule has 0 aliphatic heterocycles. The first kappa shape index (κ1) is 22.9. The Morgan fingerprint density at radius 1 is 1.00 bits per heavy atom. The molecule has 7 nitrogen and oxygen atoms in total. The predicted molar refractivity (Wildman–Crippen MR) is 124 cm³/mol. The Morgan fingerprint density at radius 2 is 1.79 bits per heavy atom. The molecule has 170 valence electrons. The molecule has 0 unspecified atom stereocenters. The smallest absolute Gasteiger partial charge is 0.290 e. The third-order valence-electron chi connectivity index (χ3n) is 4.90. The number of nitrogens with zero attached hydrogens (tertiary/aromatic N) is 1. The summed E-state index contributed by atoms with van der Waals surface area (Å²) in [5, 5.41) is -0.299. The first-order valence-electron chi connectivity index (χ1n) is 9.92. The Bertz CT molecular complexity index is 1340. The van der Waals surface area contributed by atoms with Crippen LogP contribution in [0.4, 0.5) is 0 Å². The lowest BCUT2D eigenvalue weighted by atomic mass is 10.2. The molecule has 0 aliphatic rings. The number of sulfone groups is 1. The maximum absolute atomic E-state index is 13.3. The molecule has 0 radical (unpaired) electrons. The molecule has 0 N–H and O–H groups in total. The van der Waals surface area contributed by atoms with Crippen molar-refractivity contribution < 1.29 is 26.8 Å². The minimum absolute atomic E-state index is 0.0721. The van der Waals surface area contributed by atoms with Gasteiger partial charge in [0.05, 0.1) is 24.8 Å². The highest BCUT2D eigenvalue weighted by atomic mass is 79.9. The second-order valence-corrected chi connectivity index (χ2v) is 9.96. The van der Waals surface area contributed by atoms with Gasteiger partial charge in [-0.3, -0.25) is 4.79 Å². The Hall–Kier alpha value is -3.30. The number of furan rings is 2. The maximum Gasteiger partial charge on any atom is 0.290 e. The molecule has 2 aromatic heterocycles. The van der Waals surface area contributed by atoms with Crippen LogP contribution < -0.4 is 4.74 Å². The molecule has 2 heterocycles. The van der Waals surface area contributed by atoms with Crippen LogP contribution in [-0.2, 0) is 22.9 Å². The second kappa shape index (κ2) is 9.68. The number of halogens is 1. The summed E-state index contributed by atoms with van der Waals surface area (Å²) in [6, 6.07) is 19.7. The van der Waals surface area contributed by atoms with E-state index in [9.17, 15) is 13.2 Å². The Morgan fingerprint density at radius 3 is 2.48 bits per heavy atom. The van der Waals surface area contributed by atoms with Gasteiger partial charge in [0.2, 0.25) is 14.9 Å². The number of amides is 1. The van der Waals surface area contributed by atoms with Crippen LogP contribution in [-0.4, -0.2) is 26.3 Å². The summed E-state index contributed by atoms with van der Waals surface area (Å²) >= 11 is 3.28. The van der Waals surface area contributed by atoms with Crippen molar-refractivity contribution in [1.29, 1.82) is 0 Å². The van der Waals surface area contributed by atoms with E-state index in [1.165, 1.54) is 35.4 Å². The minimum Gasteiger partial charge on any atom is -0.497 e. The van der Waals surface area contributed by atoms with Crippen LogP contribution in [0.15, 0.2) is 102 Å². The fourth-order valence-electron chi connectivity index (χ4n) is 3.25. The van der Waals surface area contributed by atoms with Crippen molar-refractivity contribution in [2.75, 3.05) is 7.11 Å². The molecule has 2 aromatic carbocycles. The molecular weight excluding hydrogens is 510 g/mol. The third-order valence-corrected chi connectivity index (χ3v) is 7.07. The maximum atomic E-state index is 13.3. The number of ether oxygens (including phenoxy) is 1. The topological polar surface area (TPSA) is 90.0 Å². The normalized spacial score (nSPS) is 11.3. The van der Waals surface area contributed by atoms with Gasteiger partial charge in [-0.15, -0.1) is 0 Å². The van der Waals surface area contributed by atoms with Crippen LogP contribution in [0.25, 0.3) is 0 Å². The van der Waals surface area contributed by atoms with Gasteiger partial charge in [-0.25, -0.2) is 8.42 Å². The van der Waals surface area contributed by atoms with Crippen molar-refractivity contribution in [3.05, 3.63) is 101 Å². The highest BCUT2D eigenvalue weighted by Gasteiger charge is 2.26. The molecule has 1 amide bonds. The van der Waals surface area contributed by atoms with E-state index in [0.717, 1.165) is 10.0 Å². The number of hydrogen-bond donors (Lipinski definition) is 0. The second-order valence-electron chi connectivity index (χ2n) is 7.17. The van der Waals surface area contributed by atoms with Crippen molar-refractivity contribution in [3.8, 4) is 5.75 Å². The van der Waals surface area contributed by atoms with E-state index in [4.69, 9.17) is 13.6 Å². The molecule has 0 fully saturated rings. The summed E-state index contributed by atoms with van der Waals surface area (Å²) in [7, 11) is -2.33. The number of benzene rings is 2. The van der Waals surface area contributed by atoms with Gasteiger partial charge in [-0.1, -0.05) is 28.1 Å². The summed E-state index contributed by atoms with van der Waals surface area (Å²) in [6.07, 6.45) is 1.53. The largest absolute Gasteiger partial charge is 0.497 e. The SMILES string of the molecule is COc1cccc(CN(Cc2ccco2)C(=O)c2ccc(S(=O)(=O)c3ccc(Br)cc3)o2)c1. The van der Waals surface area contributed by atoms with E-state index in [0.29, 0.717) is 11.5 Å². The number of carbonyl (C=O) groups is 1. The average Bonchev–Trinajstić information content (AvgIpc) is 3.51. The Kier molecular flexibility index (Phi) is 6.71. The number of carbonyl (C=O) groups excluding carboxylic acids is 1. The van der Waals surface area contributed by atoms with E-state index in [2.05, 4.69) is 15.9 Å². The van der Waals surface area contributed by atoms with Gasteiger partial charge in [-0.05, 0) is 66.2 Å². The zero-order valence-electron chi connectivity index (χ0n) is 17.6. The van der Waals surface area contributed by atoms with Crippen LogP contribution in [0.1, 0.15) is 21.9 Å². The number of rotatable bonds is 8. The van der Waals surface area contributed by atoms with Gasteiger partial charge >= 0.3 is 0 Å². The highest BCUT2D eigenvalue weighted by molar-refractivity contribution is 9.10. The number of hydrogen-bond acceptors (Lipinski definition) is 6. The predicted octanol–water partition coefficient (Wildman–Crippen LogP) is 5.32. The minimum atomic E-state index is -3.91. The molecule has 0 aliphatic carbocycles. The van der Waals surface area contributed by atoms with Crippen LogP contribution in [0, 0.1) is 0 Å². The van der Waals surface area contributed by atoms with Crippen molar-refractivity contribution in [2.45, 2.75) is 23.1 Å². The molecule has 0 saturated heterocycles. The van der Waals surface area contributed by atoms with E-state index < -0.39 is 15.7 Å². The number of methoxy groups -OCH3 is 1. The highest BCUT2D eigenvalue weighted by Crippen LogP contribution is 2.26. The zero-order valence-corrected chi connectivity index (χ0v) is 20.0. The van der Waals surface area contributed by atoms with E-state index in [1.807, 2.05) is 24.3 Å². The molecular formula is C24H20BrNO6S. The van der Waals surface area contributed by atoms with Crippen molar-refractivity contribution in [1.82, 2.24) is 4.90 Å². The summed E-state index contributed by atoms with van der Waals surface area (Å²) in [5.41, 5.74) is 0.837. The average molecular weight is 530 g/mol. The molecule has 0 atom stereocenters. The van der Waals surface area contributed by atoms with Gasteiger partial charge in [0.1, 0.15) is 11.5 Å². The summed E-state index contributed by atoms with van der Waals surface area (Å²) < 4.78 is 42.8. The quantitative estimate of drug-likeness (QED) is 0.307. The third kappa shape index (κ3) is 5.20. The lowest BCUT2D eigenvalue weighted by Crippen LogP contribution is -2.29. The van der Waals surface area contributed by atoms with Gasteiger partial charge in [0.25, 0.3) is 5.91 Å². The lowest BCUT2D eigenvalue weighted by molar-refractivity contribution is 0.0679. The molecule has 4 rings (SSSR count). The standard InChI is InChI=1S/C24H20BrNO6S/c1-30-19-5-2-4-17(14-19)15-26(16-20-6-3-13-31-20)24(27)22-11-12-23(32-22)33(28,29)21-9-7-18(25)8-10-21/h2-14H,15-16H2,1H3. The van der Waals surface area contributed by atoms with Crippen LogP contribution in [0.3, 0.4) is 0 Å². The Balaban J connectivity index is 1.62. The van der Waals surface area contributed by atoms with Gasteiger partial charge in [0, 0.05) is 11.0 Å². The summed E-state index contributed by atoms with van der Waals surface area (Å²) in [5.74, 6) is 0.700. The summed E-state index contributed by atoms with van der Waals surface area (Å²) in [6.45, 7) is 0.421. The van der Waals surface area contributed by atoms with Gasteiger partial charge in [0.15, 0.2) is 5.76 Å². The monoisotopic (exact) mass is 529 g/mol. The molecule has 0 bridgehead atoms. The fourth-order valence-corrected chi connectivity index (χ4v) is 4.68. The molecule has 4 aromatic rings. The van der Waals surface area contributed by atoms with Crippen LogP contribution >= 0.6 is 15.9 Å². The van der Waals surface area contributed by atoms with E-state index >= 15 is 0 Å². The van der Waals surface area contributed by atoms with Crippen molar-refractivity contribution in [3.63, 3.8) is 0 Å². The summed E-state index contributed by atoms with van der Waals surface area (Å²) in [4.78, 5) is 14.9. The van der Waals surface area contributed by atoms with Gasteiger partial charge in [-0.2, -0.15) is 0 Å². The lowest BCUT2D eigenvalue weighted by Gasteiger charge is -2.21. The van der Waals surface area contributed by atoms with E-state index in [1.54, 1.807) is 31.4 Å². The van der Waals surface area contributed by atoms with Crippen molar-refractivity contribution >= 4 is 31.7 Å². The first-order valence-corrected chi connectivity index (χ1v) is 12.2. The molecule has 33 heavy (non-hydrogen) atoms. The van der Waals surface area contributed by atoms with E-state index in [-0.39, 0.29) is 28.8 Å². The Labute approximate surface area is 199 Å². The molecule has 0 spiro atoms. The molecule has 0 saturated carbocycles. The first-order chi connectivity index (χ1) is 15.9. The van der Waals surface area contributed by atoms with Crippen LogP contribution in [0.5, 0.6) is 5.75 Å². The molecule has 9 heteroatoms. The van der Waals surface area contributed by atoms with Crippen LogP contribution in [0.2, 0.25) is 0 Å². The van der Waals surface area contributed by atoms with Gasteiger partial charge < -0.3 is 18.5 Å².